The van der Waals surface area contributed by atoms with E-state index >= 15 is 0 Å². The number of carboxylic acid groups (broad SMARTS) is 1. The molecule has 1 aliphatic rings. The van der Waals surface area contributed by atoms with Gasteiger partial charge in [-0.2, -0.15) is 0 Å². The lowest BCUT2D eigenvalue weighted by molar-refractivity contribution is -0.146. The van der Waals surface area contributed by atoms with Crippen molar-refractivity contribution in [3.8, 4) is 16.9 Å². The number of carbonyl (C=O) groups is 2. The number of amides is 1. The van der Waals surface area contributed by atoms with Crippen molar-refractivity contribution >= 4 is 40.5 Å². The van der Waals surface area contributed by atoms with Gasteiger partial charge in [-0.25, -0.2) is 4.98 Å². The van der Waals surface area contributed by atoms with Crippen LogP contribution in [0.4, 0.5) is 11.4 Å². The van der Waals surface area contributed by atoms with Crippen molar-refractivity contribution < 1.29 is 28.7 Å². The second-order valence-electron chi connectivity index (χ2n) is 14.4. The van der Waals surface area contributed by atoms with Crippen LogP contribution in [0.25, 0.3) is 17.2 Å². The Hall–Kier alpha value is -4.58. The summed E-state index contributed by atoms with van der Waals surface area (Å²) in [5, 5.41) is 13.0. The zero-order valence-corrected chi connectivity index (χ0v) is 33.0. The van der Waals surface area contributed by atoms with E-state index in [0.717, 1.165) is 71.9 Å². The predicted octanol–water partition coefficient (Wildman–Crippen LogP) is 8.50. The number of ether oxygens (including phenoxy) is 2. The highest BCUT2D eigenvalue weighted by Gasteiger charge is 2.31. The number of aromatic nitrogens is 2. The number of nitrogens with zero attached hydrogens (tertiary/aromatic N) is 3. The number of rotatable bonds is 18. The minimum atomic E-state index is -1.28. The maximum Gasteiger partial charge on any atom is 0.310 e. The number of benzene rings is 3. The lowest BCUT2D eigenvalue weighted by Crippen LogP contribution is -2.40. The van der Waals surface area contributed by atoms with Gasteiger partial charge in [0.25, 0.3) is 5.91 Å². The van der Waals surface area contributed by atoms with E-state index in [1.807, 2.05) is 55.7 Å². The maximum atomic E-state index is 13.8. The van der Waals surface area contributed by atoms with Crippen LogP contribution in [-0.2, 0) is 37.8 Å². The monoisotopic (exact) mass is 754 g/mol. The van der Waals surface area contributed by atoms with Gasteiger partial charge in [-0.1, -0.05) is 38.5 Å². The van der Waals surface area contributed by atoms with Crippen LogP contribution in [0, 0.1) is 12.3 Å². The molecule has 5 rings (SSSR count). The first kappa shape index (κ1) is 40.6. The number of imidazole rings is 1. The summed E-state index contributed by atoms with van der Waals surface area (Å²) in [6, 6.07) is 21.2. The molecule has 288 valence electrons. The van der Waals surface area contributed by atoms with E-state index < -0.39 is 22.6 Å². The normalized spacial score (nSPS) is 14.7. The first-order valence-corrected chi connectivity index (χ1v) is 20.2. The summed E-state index contributed by atoms with van der Waals surface area (Å²) in [7, 11) is 0. The zero-order valence-electron chi connectivity index (χ0n) is 32.2. The molecular weight excluding hydrogens is 701 g/mol. The number of anilines is 2. The average Bonchev–Trinajstić information content (AvgIpc) is 3.49. The Morgan fingerprint density at radius 1 is 0.981 bits per heavy atom. The Morgan fingerprint density at radius 2 is 1.72 bits per heavy atom. The van der Waals surface area contributed by atoms with Crippen LogP contribution in [0.2, 0.25) is 0 Å². The SMILES string of the molecule is CCCCOCCOc1ccc(-c2ccc3c(c2)/C=C(/C(=O)Nc2ccc([S+]([O-])Cc4ncn(CCC)c4C)cc2)CCCN3CC(C)(C)C(=O)O)cc1. The molecule has 1 amide bonds. The molecule has 0 radical (unpaired) electrons. The molecule has 4 aromatic rings. The first-order valence-electron chi connectivity index (χ1n) is 18.9. The molecule has 11 heteroatoms. The van der Waals surface area contributed by atoms with Crippen LogP contribution < -0.4 is 15.0 Å². The van der Waals surface area contributed by atoms with E-state index in [9.17, 15) is 19.2 Å². The molecule has 2 heterocycles. The molecule has 0 aliphatic carbocycles. The van der Waals surface area contributed by atoms with Crippen molar-refractivity contribution in [2.45, 2.75) is 83.9 Å². The van der Waals surface area contributed by atoms with Gasteiger partial charge in [-0.05, 0) is 129 Å². The van der Waals surface area contributed by atoms with Crippen LogP contribution in [-0.4, -0.2) is 64.0 Å². The Bertz CT molecular complexity index is 1890. The number of aryl methyl sites for hydroxylation is 1. The lowest BCUT2D eigenvalue weighted by Gasteiger charge is -2.34. The Kier molecular flexibility index (Phi) is 14.4. The fourth-order valence-electron chi connectivity index (χ4n) is 6.38. The number of unbranched alkanes of at least 4 members (excludes halogenated alkanes) is 1. The Balaban J connectivity index is 1.33. The van der Waals surface area contributed by atoms with Gasteiger partial charge in [0.2, 0.25) is 0 Å². The summed E-state index contributed by atoms with van der Waals surface area (Å²) in [5.74, 6) is 0.0200. The fourth-order valence-corrected chi connectivity index (χ4v) is 7.52. The smallest absolute Gasteiger partial charge is 0.310 e. The number of nitrogens with one attached hydrogen (secondary N) is 1. The number of aliphatic carboxylic acids is 1. The molecule has 54 heavy (non-hydrogen) atoms. The molecule has 3 aromatic carbocycles. The number of fused-ring (bicyclic) bond motifs is 1. The third-order valence-electron chi connectivity index (χ3n) is 9.66. The molecule has 1 aliphatic heterocycles. The summed E-state index contributed by atoms with van der Waals surface area (Å²) >= 11 is -1.28. The van der Waals surface area contributed by atoms with Crippen molar-refractivity contribution in [3.05, 3.63) is 95.6 Å². The van der Waals surface area contributed by atoms with Crippen LogP contribution >= 0.6 is 0 Å². The van der Waals surface area contributed by atoms with Gasteiger partial charge in [0, 0.05) is 48.9 Å². The van der Waals surface area contributed by atoms with Gasteiger partial charge in [0.15, 0.2) is 10.6 Å². The second kappa shape index (κ2) is 19.1. The van der Waals surface area contributed by atoms with Crippen LogP contribution in [0.5, 0.6) is 5.75 Å². The fraction of sp³-hybridized carbons (Fsp3) is 0.419. The van der Waals surface area contributed by atoms with E-state index in [0.29, 0.717) is 61.1 Å². The van der Waals surface area contributed by atoms with Gasteiger partial charge in [0.1, 0.15) is 18.1 Å². The quantitative estimate of drug-likeness (QED) is 0.0765. The van der Waals surface area contributed by atoms with E-state index in [2.05, 4.69) is 39.7 Å². The van der Waals surface area contributed by atoms with Crippen LogP contribution in [0.15, 0.2) is 83.5 Å². The summed E-state index contributed by atoms with van der Waals surface area (Å²) in [5.41, 5.74) is 5.80. The Morgan fingerprint density at radius 3 is 2.43 bits per heavy atom. The summed E-state index contributed by atoms with van der Waals surface area (Å²) in [4.78, 5) is 33.2. The number of hydrogen-bond donors (Lipinski definition) is 2. The zero-order chi connectivity index (χ0) is 38.7. The van der Waals surface area contributed by atoms with E-state index in [4.69, 9.17) is 9.47 Å². The van der Waals surface area contributed by atoms with Crippen molar-refractivity contribution in [3.63, 3.8) is 0 Å². The van der Waals surface area contributed by atoms with Crippen molar-refractivity contribution in [1.29, 1.82) is 0 Å². The first-order chi connectivity index (χ1) is 26.0. The summed E-state index contributed by atoms with van der Waals surface area (Å²) in [6.45, 7) is 13.3. The highest BCUT2D eigenvalue weighted by Crippen LogP contribution is 2.35. The topological polar surface area (TPSA) is 129 Å². The van der Waals surface area contributed by atoms with Gasteiger partial charge in [-0.15, -0.1) is 0 Å². The predicted molar refractivity (Wildman–Crippen MR) is 216 cm³/mol. The Labute approximate surface area is 322 Å². The lowest BCUT2D eigenvalue weighted by atomic mass is 9.91. The molecule has 10 nitrogen and oxygen atoms in total. The molecule has 1 aromatic heterocycles. The van der Waals surface area contributed by atoms with E-state index in [-0.39, 0.29) is 5.91 Å². The second-order valence-corrected chi connectivity index (χ2v) is 15.9. The minimum Gasteiger partial charge on any atom is -0.611 e. The van der Waals surface area contributed by atoms with Crippen molar-refractivity contribution in [2.24, 2.45) is 5.41 Å². The highest BCUT2D eigenvalue weighted by atomic mass is 32.2. The minimum absolute atomic E-state index is 0.211. The molecule has 0 bridgehead atoms. The largest absolute Gasteiger partial charge is 0.611 e. The molecule has 2 N–H and O–H groups in total. The van der Waals surface area contributed by atoms with Gasteiger partial charge < -0.3 is 33.9 Å². The number of carbonyl (C=O) groups excluding carboxylic acids is 1. The van der Waals surface area contributed by atoms with E-state index in [1.54, 1.807) is 38.1 Å². The molecule has 0 saturated carbocycles. The standard InChI is InChI=1S/C43H54N4O6S/c1-6-8-23-52-24-25-53-37-16-11-32(12-17-37)33-13-20-40-35(26-33)27-34(10-9-22-46(40)29-43(4,5)42(49)50)41(48)45-36-14-18-38(19-15-36)54(51)28-39-31(3)47(21-7-2)30-44-39/h11-20,26-27,30H,6-10,21-25,28-29H2,1-5H3,(H,45,48)(H,49,50)/b34-27+. The summed E-state index contributed by atoms with van der Waals surface area (Å²) in [6.07, 6.45) is 8.06. The molecule has 1 unspecified atom stereocenters. The third-order valence-corrected chi connectivity index (χ3v) is 11.0. The van der Waals surface area contributed by atoms with Crippen molar-refractivity contribution in [2.75, 3.05) is 43.1 Å². The average molecular weight is 755 g/mol. The van der Waals surface area contributed by atoms with Crippen LogP contribution in [0.1, 0.15) is 76.8 Å². The van der Waals surface area contributed by atoms with Gasteiger partial charge in [-0.3, -0.25) is 9.59 Å². The molecule has 0 fully saturated rings. The number of hydrogen-bond acceptors (Lipinski definition) is 7. The third kappa shape index (κ3) is 10.8. The molecule has 1 atom stereocenters. The summed E-state index contributed by atoms with van der Waals surface area (Å²) < 4.78 is 26.8. The highest BCUT2D eigenvalue weighted by molar-refractivity contribution is 7.90. The maximum absolute atomic E-state index is 13.8. The van der Waals surface area contributed by atoms with Crippen LogP contribution in [0.3, 0.4) is 0 Å². The van der Waals surface area contributed by atoms with Gasteiger partial charge in [0.05, 0.1) is 18.3 Å². The van der Waals surface area contributed by atoms with E-state index in [1.165, 1.54) is 0 Å². The van der Waals surface area contributed by atoms with Gasteiger partial charge >= 0.3 is 5.97 Å². The molecular formula is C43H54N4O6S. The number of carboxylic acids is 1. The molecule has 0 saturated heterocycles. The van der Waals surface area contributed by atoms with Crippen molar-refractivity contribution in [1.82, 2.24) is 9.55 Å². The molecule has 0 spiro atoms.